The Morgan fingerprint density at radius 1 is 1.38 bits per heavy atom. The Hall–Kier alpha value is -2.48. The Bertz CT molecular complexity index is 842. The molecule has 7 nitrogen and oxygen atoms in total. The fraction of sp³-hybridized carbons (Fsp3) is 0.312. The number of hydrogen-bond donors (Lipinski definition) is 3. The summed E-state index contributed by atoms with van der Waals surface area (Å²) in [5.74, 6) is -0.0183. The third-order valence-electron chi connectivity index (χ3n) is 3.95. The van der Waals surface area contributed by atoms with Crippen molar-refractivity contribution in [2.45, 2.75) is 30.0 Å². The molecule has 1 aliphatic heterocycles. The number of aromatic nitrogens is 2. The number of fused-ring (bicyclic) bond motifs is 1. The third kappa shape index (κ3) is 2.84. The summed E-state index contributed by atoms with van der Waals surface area (Å²) in [7, 11) is 1.57. The highest BCUT2D eigenvalue weighted by molar-refractivity contribution is 8.01. The Morgan fingerprint density at radius 3 is 2.79 bits per heavy atom. The van der Waals surface area contributed by atoms with Crippen LogP contribution in [0.2, 0.25) is 0 Å². The van der Waals surface area contributed by atoms with Crippen molar-refractivity contribution in [3.8, 4) is 0 Å². The number of benzene rings is 1. The highest BCUT2D eigenvalue weighted by atomic mass is 32.2. The first-order valence-electron chi connectivity index (χ1n) is 7.65. The van der Waals surface area contributed by atoms with Crippen LogP contribution in [-0.2, 0) is 17.8 Å². The Kier molecular flexibility index (Phi) is 4.48. The quantitative estimate of drug-likeness (QED) is 0.774. The molecule has 126 valence electrons. The van der Waals surface area contributed by atoms with E-state index in [0.717, 1.165) is 10.5 Å². The molecular weight excluding hydrogens is 328 g/mol. The molecule has 24 heavy (non-hydrogen) atoms. The second-order valence-corrected chi connectivity index (χ2v) is 6.63. The van der Waals surface area contributed by atoms with Crippen LogP contribution in [0.3, 0.4) is 0 Å². The number of nitrogens with zero attached hydrogens (tertiary/aromatic N) is 1. The lowest BCUT2D eigenvalue weighted by molar-refractivity contribution is -0.115. The minimum atomic E-state index is -0.551. The van der Waals surface area contributed by atoms with Crippen LogP contribution in [0.25, 0.3) is 0 Å². The molecule has 1 amide bonds. The van der Waals surface area contributed by atoms with Crippen molar-refractivity contribution in [2.75, 3.05) is 17.7 Å². The van der Waals surface area contributed by atoms with Gasteiger partial charge in [-0.2, -0.15) is 0 Å². The summed E-state index contributed by atoms with van der Waals surface area (Å²) in [6.45, 7) is 2.10. The topological polar surface area (TPSA) is 96.0 Å². The summed E-state index contributed by atoms with van der Waals surface area (Å²) >= 11 is 1.49. The number of aromatic amines is 1. The van der Waals surface area contributed by atoms with Gasteiger partial charge in [-0.25, -0.2) is 4.79 Å². The fourth-order valence-electron chi connectivity index (χ4n) is 2.76. The molecule has 0 aliphatic carbocycles. The maximum absolute atomic E-state index is 12.7. The van der Waals surface area contributed by atoms with Gasteiger partial charge >= 0.3 is 5.69 Å². The van der Waals surface area contributed by atoms with Crippen molar-refractivity contribution in [1.29, 1.82) is 0 Å². The van der Waals surface area contributed by atoms with Crippen molar-refractivity contribution in [2.24, 2.45) is 0 Å². The Morgan fingerprint density at radius 2 is 2.12 bits per heavy atom. The first kappa shape index (κ1) is 16.4. The molecule has 1 aromatic heterocycles. The van der Waals surface area contributed by atoms with E-state index in [-0.39, 0.29) is 22.7 Å². The second kappa shape index (κ2) is 6.56. The number of hydrogen-bond acceptors (Lipinski definition) is 5. The van der Waals surface area contributed by atoms with Crippen LogP contribution in [0, 0.1) is 0 Å². The molecule has 0 saturated heterocycles. The van der Waals surface area contributed by atoms with Crippen LogP contribution >= 0.6 is 11.8 Å². The normalized spacial score (nSPS) is 15.8. The number of nitrogens with one attached hydrogen (secondary N) is 3. The maximum Gasteiger partial charge on any atom is 0.330 e. The Balaban J connectivity index is 1.91. The molecule has 3 N–H and O–H groups in total. The largest absolute Gasteiger partial charge is 0.381 e. The average molecular weight is 346 g/mol. The number of H-pyrrole nitrogens is 1. The first-order valence-corrected chi connectivity index (χ1v) is 8.53. The predicted octanol–water partition coefficient (Wildman–Crippen LogP) is 1.25. The lowest BCUT2D eigenvalue weighted by atomic mass is 10.1. The van der Waals surface area contributed by atoms with Crippen molar-refractivity contribution >= 4 is 29.2 Å². The molecule has 3 rings (SSSR count). The van der Waals surface area contributed by atoms with E-state index < -0.39 is 11.2 Å². The summed E-state index contributed by atoms with van der Waals surface area (Å²) in [4.78, 5) is 39.9. The SMILES string of the molecule is CCn1c(NC(=O)C2Cc3ccccc3S2)c(NC)c(=O)[nH]c1=O. The zero-order chi connectivity index (χ0) is 17.3. The summed E-state index contributed by atoms with van der Waals surface area (Å²) in [5, 5.41) is 5.23. The summed E-state index contributed by atoms with van der Waals surface area (Å²) in [6, 6.07) is 7.88. The van der Waals surface area contributed by atoms with E-state index in [1.54, 1.807) is 14.0 Å². The van der Waals surface area contributed by atoms with Crippen LogP contribution < -0.4 is 21.9 Å². The second-order valence-electron chi connectivity index (χ2n) is 5.38. The zero-order valence-electron chi connectivity index (χ0n) is 13.4. The molecule has 0 spiro atoms. The number of carbonyl (C=O) groups excluding carboxylic acids is 1. The van der Waals surface area contributed by atoms with Gasteiger partial charge in [0.1, 0.15) is 11.5 Å². The average Bonchev–Trinajstić information content (AvgIpc) is 2.99. The van der Waals surface area contributed by atoms with Crippen LogP contribution in [0.4, 0.5) is 11.5 Å². The molecule has 1 atom stereocenters. The maximum atomic E-state index is 12.7. The molecule has 2 aromatic rings. The molecular formula is C16H18N4O3S. The van der Waals surface area contributed by atoms with Crippen LogP contribution in [-0.4, -0.2) is 27.8 Å². The minimum Gasteiger partial charge on any atom is -0.381 e. The zero-order valence-corrected chi connectivity index (χ0v) is 14.2. The molecule has 8 heteroatoms. The highest BCUT2D eigenvalue weighted by Crippen LogP contribution is 2.37. The van der Waals surface area contributed by atoms with Crippen molar-refractivity contribution in [3.63, 3.8) is 0 Å². The standard InChI is InChI=1S/C16H18N4O3S/c1-3-20-13(12(17-2)15(22)19-16(20)23)18-14(21)11-8-9-6-4-5-7-10(9)24-11/h4-7,11,17H,3,8H2,1-2H3,(H,18,21)(H,19,22,23). The number of carbonyl (C=O) groups is 1. The van der Waals surface area contributed by atoms with Crippen LogP contribution in [0.5, 0.6) is 0 Å². The lowest BCUT2D eigenvalue weighted by Gasteiger charge is -2.17. The smallest absolute Gasteiger partial charge is 0.330 e. The van der Waals surface area contributed by atoms with E-state index in [1.165, 1.54) is 16.3 Å². The molecule has 0 radical (unpaired) electrons. The predicted molar refractivity (Wildman–Crippen MR) is 95.0 cm³/mol. The van der Waals surface area contributed by atoms with Crippen molar-refractivity contribution in [3.05, 3.63) is 50.7 Å². The van der Waals surface area contributed by atoms with Gasteiger partial charge in [0.15, 0.2) is 0 Å². The van der Waals surface area contributed by atoms with E-state index >= 15 is 0 Å². The molecule has 0 fully saturated rings. The van der Waals surface area contributed by atoms with Gasteiger partial charge in [-0.3, -0.25) is 19.1 Å². The minimum absolute atomic E-state index is 0.172. The summed E-state index contributed by atoms with van der Waals surface area (Å²) in [5.41, 5.74) is 0.213. The highest BCUT2D eigenvalue weighted by Gasteiger charge is 2.29. The Labute approximate surface area is 142 Å². The summed E-state index contributed by atoms with van der Waals surface area (Å²) < 4.78 is 1.33. The van der Waals surface area contributed by atoms with Gasteiger partial charge in [0.05, 0.1) is 5.25 Å². The molecule has 1 aromatic carbocycles. The molecule has 0 saturated carbocycles. The number of anilines is 2. The van der Waals surface area contributed by atoms with Gasteiger partial charge in [-0.1, -0.05) is 18.2 Å². The lowest BCUT2D eigenvalue weighted by Crippen LogP contribution is -2.36. The van der Waals surface area contributed by atoms with E-state index in [9.17, 15) is 14.4 Å². The van der Waals surface area contributed by atoms with Crippen molar-refractivity contribution in [1.82, 2.24) is 9.55 Å². The van der Waals surface area contributed by atoms with E-state index in [1.807, 2.05) is 24.3 Å². The first-order chi connectivity index (χ1) is 11.5. The molecule has 1 aliphatic rings. The van der Waals surface area contributed by atoms with Gasteiger partial charge in [-0.05, 0) is 25.0 Å². The van der Waals surface area contributed by atoms with Crippen LogP contribution in [0.15, 0.2) is 38.8 Å². The van der Waals surface area contributed by atoms with Gasteiger partial charge in [0.2, 0.25) is 5.91 Å². The number of amides is 1. The molecule has 2 heterocycles. The summed E-state index contributed by atoms with van der Waals surface area (Å²) in [6.07, 6.45) is 0.626. The van der Waals surface area contributed by atoms with Gasteiger partial charge in [0.25, 0.3) is 5.56 Å². The fourth-order valence-corrected chi connectivity index (χ4v) is 3.96. The van der Waals surface area contributed by atoms with Crippen molar-refractivity contribution < 1.29 is 4.79 Å². The van der Waals surface area contributed by atoms with Gasteiger partial charge < -0.3 is 10.6 Å². The van der Waals surface area contributed by atoms with E-state index in [2.05, 4.69) is 15.6 Å². The molecule has 0 bridgehead atoms. The van der Waals surface area contributed by atoms with Gasteiger partial charge in [0, 0.05) is 18.5 Å². The van der Waals surface area contributed by atoms with Gasteiger partial charge in [-0.15, -0.1) is 11.8 Å². The van der Waals surface area contributed by atoms with Crippen LogP contribution in [0.1, 0.15) is 12.5 Å². The third-order valence-corrected chi connectivity index (χ3v) is 5.26. The number of thioether (sulfide) groups is 1. The van der Waals surface area contributed by atoms with E-state index in [0.29, 0.717) is 13.0 Å². The monoisotopic (exact) mass is 346 g/mol. The molecule has 1 unspecified atom stereocenters. The number of rotatable bonds is 4. The van der Waals surface area contributed by atoms with E-state index in [4.69, 9.17) is 0 Å².